The summed E-state index contributed by atoms with van der Waals surface area (Å²) in [5.41, 5.74) is 14.4. The van der Waals surface area contributed by atoms with Crippen LogP contribution < -0.4 is 14.7 Å². The van der Waals surface area contributed by atoms with Crippen LogP contribution in [-0.4, -0.2) is 0 Å². The van der Waals surface area contributed by atoms with Gasteiger partial charge in [-0.3, -0.25) is 0 Å². The SMILES string of the molecule is c1ccc(N(c2ccc(-c3cccc4c3sc3ccccc34)cc2)c2cc(N(c3ccccc3)c3cccc4c3oc3ccccc34)cc(N(c3ccccc3)c3cccc4c3oc3ccccc34)c2)cc1. The summed E-state index contributed by atoms with van der Waals surface area (Å²) in [5.74, 6) is 0. The van der Waals surface area contributed by atoms with E-state index < -0.39 is 0 Å². The Balaban J connectivity index is 1.03. The molecule has 3 aromatic heterocycles. The molecular formula is C66H43N3O2S. The van der Waals surface area contributed by atoms with Crippen LogP contribution in [0, 0.1) is 0 Å². The van der Waals surface area contributed by atoms with Gasteiger partial charge in [-0.1, -0.05) is 164 Å². The lowest BCUT2D eigenvalue weighted by molar-refractivity contribution is 0.669. The summed E-state index contributed by atoms with van der Waals surface area (Å²) in [6.45, 7) is 0. The van der Waals surface area contributed by atoms with E-state index in [1.165, 1.54) is 31.3 Å². The predicted molar refractivity (Wildman–Crippen MR) is 303 cm³/mol. The molecule has 3 heterocycles. The molecular weight excluding hydrogens is 899 g/mol. The third kappa shape index (κ3) is 6.99. The number of fused-ring (bicyclic) bond motifs is 9. The van der Waals surface area contributed by atoms with Crippen LogP contribution in [0.2, 0.25) is 0 Å². The zero-order valence-corrected chi connectivity index (χ0v) is 39.7. The standard InChI is InChI=1S/C66H43N3O2S/c1-4-19-45(20-5-1)67(48-39-37-44(38-40-48)52-28-16-31-58-55-27-12-15-36-63(55)72-66(52)58)49-41-50(68(46-21-6-2-7-22-46)59-32-17-29-56-53-25-10-13-34-61(53)70-64(56)59)43-51(42-49)69(47-23-8-3-9-24-47)60-33-18-30-57-54-26-11-14-35-62(54)71-65(57)60/h1-43H. The zero-order chi connectivity index (χ0) is 47.5. The Morgan fingerprint density at radius 1 is 0.278 bits per heavy atom. The van der Waals surface area contributed by atoms with Gasteiger partial charge in [-0.15, -0.1) is 11.3 Å². The molecule has 0 aliphatic rings. The van der Waals surface area contributed by atoms with Gasteiger partial charge in [0.2, 0.25) is 0 Å². The maximum Gasteiger partial charge on any atom is 0.159 e. The van der Waals surface area contributed by atoms with E-state index in [1.54, 1.807) is 0 Å². The van der Waals surface area contributed by atoms with Crippen molar-refractivity contribution in [1.82, 2.24) is 0 Å². The summed E-state index contributed by atoms with van der Waals surface area (Å²) in [4.78, 5) is 7.04. The molecule has 0 radical (unpaired) electrons. The monoisotopic (exact) mass is 941 g/mol. The van der Waals surface area contributed by atoms with Gasteiger partial charge in [-0.05, 0) is 108 Å². The second-order valence-electron chi connectivity index (χ2n) is 18.1. The molecule has 5 nitrogen and oxygen atoms in total. The topological polar surface area (TPSA) is 36.0 Å². The van der Waals surface area contributed by atoms with Crippen molar-refractivity contribution in [2.45, 2.75) is 0 Å². The summed E-state index contributed by atoms with van der Waals surface area (Å²) in [5, 5.41) is 6.85. The van der Waals surface area contributed by atoms with Gasteiger partial charge in [0.1, 0.15) is 11.2 Å². The van der Waals surface area contributed by atoms with E-state index in [-0.39, 0.29) is 0 Å². The van der Waals surface area contributed by atoms with Crippen molar-refractivity contribution in [3.05, 3.63) is 261 Å². The van der Waals surface area contributed by atoms with E-state index in [4.69, 9.17) is 8.83 Å². The Hall–Kier alpha value is -9.36. The fourth-order valence-corrected chi connectivity index (χ4v) is 11.8. The lowest BCUT2D eigenvalue weighted by Gasteiger charge is -2.33. The third-order valence-electron chi connectivity index (χ3n) is 13.8. The highest BCUT2D eigenvalue weighted by Gasteiger charge is 2.26. The molecule has 0 fully saturated rings. The molecule has 340 valence electrons. The molecule has 0 saturated heterocycles. The normalized spacial score (nSPS) is 11.6. The molecule has 6 heteroatoms. The van der Waals surface area contributed by atoms with Crippen molar-refractivity contribution < 1.29 is 8.83 Å². The fourth-order valence-electron chi connectivity index (χ4n) is 10.6. The second-order valence-corrected chi connectivity index (χ2v) is 19.1. The summed E-state index contributed by atoms with van der Waals surface area (Å²) >= 11 is 1.86. The fraction of sp³-hybridized carbons (Fsp3) is 0. The molecule has 72 heavy (non-hydrogen) atoms. The van der Waals surface area contributed by atoms with Gasteiger partial charge in [-0.25, -0.2) is 0 Å². The van der Waals surface area contributed by atoms with Crippen LogP contribution >= 0.6 is 11.3 Å². The Bertz CT molecular complexity index is 4120. The molecule has 0 N–H and O–H groups in total. The molecule has 0 bridgehead atoms. The number of rotatable bonds is 10. The van der Waals surface area contributed by atoms with Gasteiger partial charge in [0.15, 0.2) is 11.2 Å². The van der Waals surface area contributed by atoms with Crippen LogP contribution in [0.5, 0.6) is 0 Å². The summed E-state index contributed by atoms with van der Waals surface area (Å²) in [6.07, 6.45) is 0. The van der Waals surface area contributed by atoms with Gasteiger partial charge >= 0.3 is 0 Å². The smallest absolute Gasteiger partial charge is 0.159 e. The van der Waals surface area contributed by atoms with Gasteiger partial charge in [0, 0.05) is 64.5 Å². The molecule has 11 aromatic carbocycles. The summed E-state index contributed by atoms with van der Waals surface area (Å²) in [6, 6.07) is 92.7. The van der Waals surface area contributed by atoms with Crippen molar-refractivity contribution in [3.63, 3.8) is 0 Å². The molecule has 0 saturated carbocycles. The lowest BCUT2D eigenvalue weighted by atomic mass is 10.0. The number of furan rings is 2. The number of thiophene rings is 1. The highest BCUT2D eigenvalue weighted by molar-refractivity contribution is 7.26. The number of anilines is 9. The lowest BCUT2D eigenvalue weighted by Crippen LogP contribution is -2.16. The largest absolute Gasteiger partial charge is 0.454 e. The minimum absolute atomic E-state index is 0.811. The molecule has 0 amide bonds. The van der Waals surface area contributed by atoms with E-state index in [1.807, 2.05) is 35.6 Å². The Labute approximate surface area is 419 Å². The minimum atomic E-state index is 0.811. The van der Waals surface area contributed by atoms with E-state index in [2.05, 4.69) is 251 Å². The first-order valence-corrected chi connectivity index (χ1v) is 25.1. The third-order valence-corrected chi connectivity index (χ3v) is 15.0. The Morgan fingerprint density at radius 3 is 1.22 bits per heavy atom. The van der Waals surface area contributed by atoms with E-state index >= 15 is 0 Å². The van der Waals surface area contributed by atoms with Crippen molar-refractivity contribution >= 4 is 127 Å². The number of nitrogens with zero attached hydrogens (tertiary/aromatic N) is 3. The Kier molecular flexibility index (Phi) is 9.96. The molecule has 14 rings (SSSR count). The Morgan fingerprint density at radius 2 is 0.681 bits per heavy atom. The molecule has 0 aliphatic carbocycles. The molecule has 0 spiro atoms. The number of hydrogen-bond donors (Lipinski definition) is 0. The molecule has 0 atom stereocenters. The van der Waals surface area contributed by atoms with Crippen molar-refractivity contribution in [1.29, 1.82) is 0 Å². The van der Waals surface area contributed by atoms with Crippen LogP contribution in [0.3, 0.4) is 0 Å². The predicted octanol–water partition coefficient (Wildman–Crippen LogP) is 19.9. The van der Waals surface area contributed by atoms with Gasteiger partial charge in [-0.2, -0.15) is 0 Å². The maximum atomic E-state index is 6.83. The molecule has 0 unspecified atom stereocenters. The number of hydrogen-bond acceptors (Lipinski definition) is 6. The first-order chi connectivity index (χ1) is 35.7. The number of para-hydroxylation sites is 7. The van der Waals surface area contributed by atoms with Crippen molar-refractivity contribution in [3.8, 4) is 11.1 Å². The summed E-state index contributed by atoms with van der Waals surface area (Å²) < 4.78 is 16.3. The molecule has 0 aliphatic heterocycles. The first kappa shape index (κ1) is 41.6. The van der Waals surface area contributed by atoms with Crippen LogP contribution in [-0.2, 0) is 0 Å². The van der Waals surface area contributed by atoms with E-state index in [0.717, 1.165) is 95.1 Å². The molecule has 14 aromatic rings. The van der Waals surface area contributed by atoms with Crippen LogP contribution in [0.15, 0.2) is 270 Å². The van der Waals surface area contributed by atoms with Gasteiger partial charge in [0.25, 0.3) is 0 Å². The average Bonchev–Trinajstić information content (AvgIpc) is 4.15. The van der Waals surface area contributed by atoms with E-state index in [0.29, 0.717) is 0 Å². The van der Waals surface area contributed by atoms with E-state index in [9.17, 15) is 0 Å². The van der Waals surface area contributed by atoms with Crippen LogP contribution in [0.1, 0.15) is 0 Å². The van der Waals surface area contributed by atoms with Crippen molar-refractivity contribution in [2.75, 3.05) is 14.7 Å². The number of benzene rings is 11. The average molecular weight is 942 g/mol. The summed E-state index contributed by atoms with van der Waals surface area (Å²) in [7, 11) is 0. The highest BCUT2D eigenvalue weighted by Crippen LogP contribution is 2.50. The van der Waals surface area contributed by atoms with Crippen LogP contribution in [0.25, 0.3) is 75.2 Å². The minimum Gasteiger partial charge on any atom is -0.454 e. The van der Waals surface area contributed by atoms with Gasteiger partial charge < -0.3 is 23.5 Å². The van der Waals surface area contributed by atoms with Gasteiger partial charge in [0.05, 0.1) is 28.4 Å². The maximum absolute atomic E-state index is 6.83. The first-order valence-electron chi connectivity index (χ1n) is 24.2. The quantitative estimate of drug-likeness (QED) is 0.137. The second kappa shape index (κ2) is 17.2. The van der Waals surface area contributed by atoms with Crippen LogP contribution in [0.4, 0.5) is 51.2 Å². The van der Waals surface area contributed by atoms with Crippen molar-refractivity contribution in [2.24, 2.45) is 0 Å². The zero-order valence-electron chi connectivity index (χ0n) is 38.9. The highest BCUT2D eigenvalue weighted by atomic mass is 32.1.